The van der Waals surface area contributed by atoms with Crippen LogP contribution in [0.4, 0.5) is 0 Å². The number of aliphatic imine (C=N–C) groups is 1. The Balaban J connectivity index is 2.59. The molecule has 0 saturated carbocycles. The van der Waals surface area contributed by atoms with E-state index in [0.717, 1.165) is 11.1 Å². The van der Waals surface area contributed by atoms with Crippen LogP contribution in [0.2, 0.25) is 5.02 Å². The Labute approximate surface area is 154 Å². The van der Waals surface area contributed by atoms with E-state index in [0.29, 0.717) is 16.3 Å². The van der Waals surface area contributed by atoms with Gasteiger partial charge in [-0.25, -0.2) is 4.99 Å². The molecule has 0 radical (unpaired) electrons. The van der Waals surface area contributed by atoms with Crippen molar-refractivity contribution in [1.82, 2.24) is 0 Å². The number of rotatable bonds is 1. The Morgan fingerprint density at radius 1 is 0.880 bits per heavy atom. The summed E-state index contributed by atoms with van der Waals surface area (Å²) >= 11 is 5.89. The normalized spacial score (nSPS) is 15.6. The fraction of sp³-hybridized carbons (Fsp3) is 0.381. The van der Waals surface area contributed by atoms with E-state index in [1.165, 1.54) is 0 Å². The van der Waals surface area contributed by atoms with Crippen molar-refractivity contribution in [3.63, 3.8) is 0 Å². The molecule has 3 nitrogen and oxygen atoms in total. The van der Waals surface area contributed by atoms with E-state index < -0.39 is 0 Å². The molecule has 0 heterocycles. The van der Waals surface area contributed by atoms with Crippen LogP contribution in [0, 0.1) is 10.8 Å². The van der Waals surface area contributed by atoms with Gasteiger partial charge in [0.2, 0.25) is 0 Å². The number of benzene rings is 1. The van der Waals surface area contributed by atoms with Crippen molar-refractivity contribution >= 4 is 29.0 Å². The molecule has 0 bridgehead atoms. The first-order valence-corrected chi connectivity index (χ1v) is 8.65. The summed E-state index contributed by atoms with van der Waals surface area (Å²) in [4.78, 5) is 29.3. The molecule has 0 unspecified atom stereocenters. The van der Waals surface area contributed by atoms with Crippen molar-refractivity contribution in [3.8, 4) is 0 Å². The molecule has 0 spiro atoms. The number of halogens is 1. The predicted molar refractivity (Wildman–Crippen MR) is 103 cm³/mol. The molecule has 0 fully saturated rings. The highest BCUT2D eigenvalue weighted by atomic mass is 35.5. The lowest BCUT2D eigenvalue weighted by Crippen LogP contribution is -2.30. The summed E-state index contributed by atoms with van der Waals surface area (Å²) in [5.74, 6) is -0.404. The van der Waals surface area contributed by atoms with Crippen molar-refractivity contribution in [1.29, 1.82) is 0 Å². The van der Waals surface area contributed by atoms with Crippen LogP contribution in [0.5, 0.6) is 0 Å². The summed E-state index contributed by atoms with van der Waals surface area (Å²) in [5.41, 5.74) is 2.02. The summed E-state index contributed by atoms with van der Waals surface area (Å²) in [7, 11) is 0. The average Bonchev–Trinajstić information content (AvgIpc) is 2.47. The Kier molecular flexibility index (Phi) is 5.19. The third kappa shape index (κ3) is 4.55. The summed E-state index contributed by atoms with van der Waals surface area (Å²) < 4.78 is 0. The predicted octanol–water partition coefficient (Wildman–Crippen LogP) is 5.45. The largest absolute Gasteiger partial charge is 0.290 e. The molecule has 0 aromatic heterocycles. The molecule has 1 amide bonds. The molecule has 0 aliphatic heterocycles. The van der Waals surface area contributed by atoms with Crippen LogP contribution in [0.15, 0.2) is 52.6 Å². The van der Waals surface area contributed by atoms with E-state index >= 15 is 0 Å². The van der Waals surface area contributed by atoms with Gasteiger partial charge >= 0.3 is 0 Å². The smallest absolute Gasteiger partial charge is 0.277 e. The SMILES string of the molecule is CC(C)(C)C1=CC(=O)C=C(C(C)(C)C)C1=NC(=O)c1ccc(Cl)cc1. The standard InChI is InChI=1S/C21H24ClNO2/c1-20(2,3)16-11-15(24)12-17(21(4,5)6)18(16)23-19(25)13-7-9-14(22)10-8-13/h7-12H,1-6H3. The Morgan fingerprint density at radius 3 is 1.72 bits per heavy atom. The fourth-order valence-electron chi connectivity index (χ4n) is 2.63. The van der Waals surface area contributed by atoms with Crippen LogP contribution < -0.4 is 0 Å². The monoisotopic (exact) mass is 357 g/mol. The number of amides is 1. The first-order chi connectivity index (χ1) is 11.4. The Bertz CT molecular complexity index is 762. The van der Waals surface area contributed by atoms with Crippen LogP contribution in [-0.2, 0) is 4.79 Å². The number of ketones is 1. The van der Waals surface area contributed by atoms with Crippen molar-refractivity contribution < 1.29 is 9.59 Å². The van der Waals surface area contributed by atoms with Crippen molar-refractivity contribution in [2.75, 3.05) is 0 Å². The fourth-order valence-corrected chi connectivity index (χ4v) is 2.76. The molecule has 0 atom stereocenters. The number of hydrogen-bond donors (Lipinski definition) is 0. The zero-order valence-corrected chi connectivity index (χ0v) is 16.4. The summed E-state index contributed by atoms with van der Waals surface area (Å²) in [6, 6.07) is 6.65. The maximum Gasteiger partial charge on any atom is 0.277 e. The minimum Gasteiger partial charge on any atom is -0.290 e. The van der Waals surface area contributed by atoms with Crippen molar-refractivity contribution in [2.45, 2.75) is 41.5 Å². The van der Waals surface area contributed by atoms with Gasteiger partial charge in [-0.3, -0.25) is 9.59 Å². The molecule has 0 saturated heterocycles. The molecule has 4 heteroatoms. The quantitative estimate of drug-likeness (QED) is 0.627. The molecule has 1 aromatic carbocycles. The third-order valence-corrected chi connectivity index (χ3v) is 4.26. The van der Waals surface area contributed by atoms with Gasteiger partial charge in [0.05, 0.1) is 5.71 Å². The molecule has 25 heavy (non-hydrogen) atoms. The lowest BCUT2D eigenvalue weighted by molar-refractivity contribution is -0.110. The maximum absolute atomic E-state index is 12.7. The number of carbonyl (C=O) groups excluding carboxylic acids is 2. The Morgan fingerprint density at radius 2 is 1.32 bits per heavy atom. The van der Waals surface area contributed by atoms with Gasteiger partial charge in [-0.2, -0.15) is 0 Å². The molecule has 2 rings (SSSR count). The first-order valence-electron chi connectivity index (χ1n) is 8.27. The Hall–Kier alpha value is -2.00. The van der Waals surface area contributed by atoms with Crippen LogP contribution in [0.25, 0.3) is 0 Å². The molecule has 132 valence electrons. The first kappa shape index (κ1) is 19.3. The second-order valence-corrected chi connectivity index (χ2v) is 8.73. The zero-order chi connectivity index (χ0) is 19.0. The zero-order valence-electron chi connectivity index (χ0n) is 15.6. The van der Waals surface area contributed by atoms with Gasteiger partial charge in [0.1, 0.15) is 0 Å². The minimum atomic E-state index is -0.341. The highest BCUT2D eigenvalue weighted by Crippen LogP contribution is 2.38. The molecule has 1 aromatic rings. The molecule has 1 aliphatic rings. The van der Waals surface area contributed by atoms with E-state index in [4.69, 9.17) is 11.6 Å². The number of nitrogens with zero attached hydrogens (tertiary/aromatic N) is 1. The van der Waals surface area contributed by atoms with Crippen LogP contribution in [-0.4, -0.2) is 17.4 Å². The minimum absolute atomic E-state index is 0.0623. The number of allylic oxidation sites excluding steroid dienone is 4. The van der Waals surface area contributed by atoms with Gasteiger partial charge in [-0.1, -0.05) is 53.1 Å². The van der Waals surface area contributed by atoms with E-state index in [2.05, 4.69) is 4.99 Å². The topological polar surface area (TPSA) is 46.5 Å². The lowest BCUT2D eigenvalue weighted by Gasteiger charge is -2.33. The highest BCUT2D eigenvalue weighted by molar-refractivity contribution is 6.30. The van der Waals surface area contributed by atoms with Gasteiger partial charge in [-0.05, 0) is 58.4 Å². The van der Waals surface area contributed by atoms with E-state index in [1.807, 2.05) is 41.5 Å². The molecular weight excluding hydrogens is 334 g/mol. The second-order valence-electron chi connectivity index (χ2n) is 8.29. The van der Waals surface area contributed by atoms with Crippen molar-refractivity contribution in [3.05, 3.63) is 58.1 Å². The van der Waals surface area contributed by atoms with E-state index in [1.54, 1.807) is 36.4 Å². The van der Waals surface area contributed by atoms with Crippen molar-refractivity contribution in [2.24, 2.45) is 15.8 Å². The van der Waals surface area contributed by atoms with E-state index in [9.17, 15) is 9.59 Å². The maximum atomic E-state index is 12.7. The molecular formula is C21H24ClNO2. The van der Waals surface area contributed by atoms with Crippen LogP contribution in [0.1, 0.15) is 51.9 Å². The molecule has 1 aliphatic carbocycles. The summed E-state index contributed by atoms with van der Waals surface area (Å²) in [6.07, 6.45) is 3.17. The van der Waals surface area contributed by atoms with E-state index in [-0.39, 0.29) is 22.5 Å². The van der Waals surface area contributed by atoms with Gasteiger partial charge in [0.15, 0.2) is 5.78 Å². The second kappa shape index (κ2) is 6.72. The highest BCUT2D eigenvalue weighted by Gasteiger charge is 2.34. The van der Waals surface area contributed by atoms with Gasteiger partial charge in [0.25, 0.3) is 5.91 Å². The van der Waals surface area contributed by atoms with Crippen LogP contribution in [0.3, 0.4) is 0 Å². The van der Waals surface area contributed by atoms with Gasteiger partial charge in [0, 0.05) is 10.6 Å². The number of carbonyl (C=O) groups is 2. The lowest BCUT2D eigenvalue weighted by atomic mass is 9.72. The van der Waals surface area contributed by atoms with Gasteiger partial charge < -0.3 is 0 Å². The molecule has 0 N–H and O–H groups in total. The summed E-state index contributed by atoms with van der Waals surface area (Å²) in [5, 5.41) is 0.568. The van der Waals surface area contributed by atoms with Gasteiger partial charge in [-0.15, -0.1) is 0 Å². The third-order valence-electron chi connectivity index (χ3n) is 4.00. The summed E-state index contributed by atoms with van der Waals surface area (Å²) in [6.45, 7) is 12.1. The number of hydrogen-bond acceptors (Lipinski definition) is 2. The van der Waals surface area contributed by atoms with Crippen LogP contribution >= 0.6 is 11.6 Å². The average molecular weight is 358 g/mol.